The van der Waals surface area contributed by atoms with Crippen molar-refractivity contribution in [1.82, 2.24) is 4.90 Å². The Labute approximate surface area is 157 Å². The zero-order chi connectivity index (χ0) is 17.9. The molecule has 0 amide bonds. The van der Waals surface area contributed by atoms with Crippen molar-refractivity contribution < 1.29 is 8.81 Å². The van der Waals surface area contributed by atoms with Crippen LogP contribution in [0.25, 0.3) is 11.3 Å². The number of furan rings is 1. The van der Waals surface area contributed by atoms with E-state index in [1.807, 2.05) is 18.2 Å². The van der Waals surface area contributed by atoms with Crippen molar-refractivity contribution in [3.63, 3.8) is 0 Å². The van der Waals surface area contributed by atoms with Crippen molar-refractivity contribution in [2.24, 2.45) is 0 Å². The number of rotatable bonds is 3. The molecule has 0 unspecified atom stereocenters. The predicted molar refractivity (Wildman–Crippen MR) is 106 cm³/mol. The molecule has 0 radical (unpaired) electrons. The second kappa shape index (κ2) is 7.30. The number of hydrogen-bond donors (Lipinski definition) is 0. The molecule has 0 atom stereocenters. The largest absolute Gasteiger partial charge is 0.454 e. The van der Waals surface area contributed by atoms with Gasteiger partial charge >= 0.3 is 0 Å². The molecule has 1 fully saturated rings. The summed E-state index contributed by atoms with van der Waals surface area (Å²) in [6.45, 7) is 3.58. The molecule has 2 aromatic carbocycles. The summed E-state index contributed by atoms with van der Waals surface area (Å²) in [5, 5.41) is 0. The first-order valence-corrected chi connectivity index (χ1v) is 9.06. The topological polar surface area (TPSA) is 19.6 Å². The van der Waals surface area contributed by atoms with Crippen molar-refractivity contribution >= 4 is 22.9 Å². The van der Waals surface area contributed by atoms with Crippen molar-refractivity contribution in [2.75, 3.05) is 31.1 Å². The Bertz CT molecular complexity index is 884. The van der Waals surface area contributed by atoms with Crippen molar-refractivity contribution in [3.8, 4) is 11.3 Å². The summed E-state index contributed by atoms with van der Waals surface area (Å²) in [5.74, 6) is 1.13. The zero-order valence-electron chi connectivity index (χ0n) is 14.3. The van der Waals surface area contributed by atoms with Gasteiger partial charge in [0.15, 0.2) is 5.76 Å². The van der Waals surface area contributed by atoms with E-state index >= 15 is 0 Å². The fourth-order valence-corrected chi connectivity index (χ4v) is 3.48. The Balaban J connectivity index is 1.42. The van der Waals surface area contributed by atoms with Crippen LogP contribution in [-0.2, 0) is 0 Å². The number of para-hydroxylation sites is 1. The highest BCUT2D eigenvalue weighted by molar-refractivity contribution is 7.80. The van der Waals surface area contributed by atoms with E-state index in [-0.39, 0.29) is 5.82 Å². The number of nitrogens with zero attached hydrogens (tertiary/aromatic N) is 2. The van der Waals surface area contributed by atoms with Gasteiger partial charge in [0.05, 0.1) is 0 Å². The predicted octanol–water partition coefficient (Wildman–Crippen LogP) is 4.58. The third kappa shape index (κ3) is 3.48. The van der Waals surface area contributed by atoms with Gasteiger partial charge in [0.1, 0.15) is 16.6 Å². The first-order chi connectivity index (χ1) is 12.7. The van der Waals surface area contributed by atoms with Crippen molar-refractivity contribution in [1.29, 1.82) is 0 Å². The van der Waals surface area contributed by atoms with E-state index in [0.29, 0.717) is 11.5 Å². The highest BCUT2D eigenvalue weighted by Gasteiger charge is 2.21. The Morgan fingerprint density at radius 1 is 0.846 bits per heavy atom. The Morgan fingerprint density at radius 3 is 2.23 bits per heavy atom. The molecule has 3 nitrogen and oxygen atoms in total. The number of benzene rings is 2. The molecule has 0 bridgehead atoms. The Hall–Kier alpha value is -2.66. The van der Waals surface area contributed by atoms with Gasteiger partial charge < -0.3 is 14.2 Å². The fraction of sp³-hybridized carbons (Fsp3) is 0.190. The summed E-state index contributed by atoms with van der Waals surface area (Å²) in [4.78, 5) is 5.28. The maximum absolute atomic E-state index is 13.1. The average Bonchev–Trinajstić information content (AvgIpc) is 3.19. The molecule has 1 aliphatic rings. The molecule has 1 aromatic heterocycles. The minimum Gasteiger partial charge on any atom is -0.454 e. The van der Waals surface area contributed by atoms with Gasteiger partial charge in [0, 0.05) is 37.4 Å². The number of thiocarbonyl (C=S) groups is 1. The van der Waals surface area contributed by atoms with Gasteiger partial charge in [0.2, 0.25) is 0 Å². The first kappa shape index (κ1) is 16.8. The van der Waals surface area contributed by atoms with Crippen LogP contribution in [-0.4, -0.2) is 36.1 Å². The molecule has 2 heterocycles. The average molecular weight is 366 g/mol. The SMILES string of the molecule is Fc1ccc(-c2ccc(C(=S)N3CCN(c4ccccc4)CC3)o2)cc1. The Kier molecular flexibility index (Phi) is 4.71. The van der Waals surface area contributed by atoms with Crippen LogP contribution in [0.1, 0.15) is 5.76 Å². The minimum absolute atomic E-state index is 0.257. The lowest BCUT2D eigenvalue weighted by Gasteiger charge is -2.37. The van der Waals surface area contributed by atoms with Gasteiger partial charge in [-0.25, -0.2) is 4.39 Å². The van der Waals surface area contributed by atoms with Crippen LogP contribution in [0.3, 0.4) is 0 Å². The minimum atomic E-state index is -0.257. The summed E-state index contributed by atoms with van der Waals surface area (Å²) >= 11 is 5.63. The normalized spacial score (nSPS) is 14.5. The molecule has 4 rings (SSSR count). The molecule has 0 spiro atoms. The summed E-state index contributed by atoms with van der Waals surface area (Å²) in [7, 11) is 0. The van der Waals surface area contributed by atoms with Gasteiger partial charge in [-0.05, 0) is 48.5 Å². The molecule has 0 N–H and O–H groups in total. The maximum atomic E-state index is 13.1. The van der Waals surface area contributed by atoms with E-state index in [4.69, 9.17) is 16.6 Å². The van der Waals surface area contributed by atoms with Crippen LogP contribution in [0.4, 0.5) is 10.1 Å². The number of hydrogen-bond acceptors (Lipinski definition) is 3. The van der Waals surface area contributed by atoms with Crippen LogP contribution in [0.5, 0.6) is 0 Å². The molecule has 0 saturated carbocycles. The number of piperazine rings is 1. The van der Waals surface area contributed by atoms with E-state index in [2.05, 4.69) is 34.1 Å². The highest BCUT2D eigenvalue weighted by Crippen LogP contribution is 2.24. The maximum Gasteiger partial charge on any atom is 0.162 e. The van der Waals surface area contributed by atoms with Gasteiger partial charge in [-0.3, -0.25) is 0 Å². The van der Waals surface area contributed by atoms with Gasteiger partial charge in [0.25, 0.3) is 0 Å². The lowest BCUT2D eigenvalue weighted by molar-refractivity contribution is 0.385. The Morgan fingerprint density at radius 2 is 1.54 bits per heavy atom. The van der Waals surface area contributed by atoms with Crippen LogP contribution >= 0.6 is 12.2 Å². The van der Waals surface area contributed by atoms with E-state index in [1.165, 1.54) is 17.8 Å². The molecule has 132 valence electrons. The molecular weight excluding hydrogens is 347 g/mol. The van der Waals surface area contributed by atoms with Gasteiger partial charge in [-0.1, -0.05) is 30.4 Å². The lowest BCUT2D eigenvalue weighted by atomic mass is 10.2. The fourth-order valence-electron chi connectivity index (χ4n) is 3.18. The van der Waals surface area contributed by atoms with E-state index in [1.54, 1.807) is 12.1 Å². The summed E-state index contributed by atoms with van der Waals surface area (Å²) in [5.41, 5.74) is 2.09. The van der Waals surface area contributed by atoms with E-state index < -0.39 is 0 Å². The molecule has 1 saturated heterocycles. The van der Waals surface area contributed by atoms with E-state index in [0.717, 1.165) is 36.7 Å². The van der Waals surface area contributed by atoms with Gasteiger partial charge in [-0.15, -0.1) is 0 Å². The molecular formula is C21H19FN2OS. The first-order valence-electron chi connectivity index (χ1n) is 8.66. The molecule has 26 heavy (non-hydrogen) atoms. The summed E-state index contributed by atoms with van der Waals surface area (Å²) in [6.07, 6.45) is 0. The zero-order valence-corrected chi connectivity index (χ0v) is 15.1. The lowest BCUT2D eigenvalue weighted by Crippen LogP contribution is -2.48. The summed E-state index contributed by atoms with van der Waals surface area (Å²) in [6, 6.07) is 20.5. The monoisotopic (exact) mass is 366 g/mol. The van der Waals surface area contributed by atoms with Gasteiger partial charge in [-0.2, -0.15) is 0 Å². The molecule has 1 aliphatic heterocycles. The van der Waals surface area contributed by atoms with Crippen molar-refractivity contribution in [3.05, 3.63) is 78.3 Å². The van der Waals surface area contributed by atoms with E-state index in [9.17, 15) is 4.39 Å². The standard InChI is InChI=1S/C21H19FN2OS/c22-17-8-6-16(7-9-17)19-10-11-20(25-19)21(26)24-14-12-23(13-15-24)18-4-2-1-3-5-18/h1-11H,12-15H2. The highest BCUT2D eigenvalue weighted by atomic mass is 32.1. The second-order valence-electron chi connectivity index (χ2n) is 6.29. The third-order valence-corrected chi connectivity index (χ3v) is 5.09. The quantitative estimate of drug-likeness (QED) is 0.632. The van der Waals surface area contributed by atoms with Crippen LogP contribution < -0.4 is 4.90 Å². The van der Waals surface area contributed by atoms with Crippen LogP contribution in [0.15, 0.2) is 71.1 Å². The molecule has 3 aromatic rings. The number of halogens is 1. The molecule has 0 aliphatic carbocycles. The second-order valence-corrected chi connectivity index (χ2v) is 6.67. The number of anilines is 1. The van der Waals surface area contributed by atoms with Crippen molar-refractivity contribution in [2.45, 2.75) is 0 Å². The third-order valence-electron chi connectivity index (χ3n) is 4.63. The summed E-state index contributed by atoms with van der Waals surface area (Å²) < 4.78 is 19.0. The van der Waals surface area contributed by atoms with Crippen LogP contribution in [0.2, 0.25) is 0 Å². The molecule has 5 heteroatoms. The van der Waals surface area contributed by atoms with Crippen LogP contribution in [0, 0.1) is 5.82 Å². The smallest absolute Gasteiger partial charge is 0.162 e.